The molecular formula is C42H26F2N2O2. The zero-order valence-corrected chi connectivity index (χ0v) is 25.4. The van der Waals surface area contributed by atoms with Crippen molar-refractivity contribution in [2.24, 2.45) is 9.98 Å². The summed E-state index contributed by atoms with van der Waals surface area (Å²) in [4.78, 5) is 9.79. The first-order valence-corrected chi connectivity index (χ1v) is 15.4. The minimum Gasteiger partial charge on any atom is -0.507 e. The van der Waals surface area contributed by atoms with E-state index in [4.69, 9.17) is 9.98 Å². The molecule has 0 atom stereocenters. The van der Waals surface area contributed by atoms with E-state index in [2.05, 4.69) is 0 Å². The molecule has 0 aliphatic rings. The highest BCUT2D eigenvalue weighted by atomic mass is 19.1. The Morgan fingerprint density at radius 3 is 1.27 bits per heavy atom. The maximum absolute atomic E-state index is 15.1. The van der Waals surface area contributed by atoms with Gasteiger partial charge in [0.25, 0.3) is 0 Å². The lowest BCUT2D eigenvalue weighted by atomic mass is 9.91. The molecule has 8 aromatic rings. The number of hydrogen-bond acceptors (Lipinski definition) is 4. The number of aromatic hydroxyl groups is 2. The minimum absolute atomic E-state index is 0.0868. The van der Waals surface area contributed by atoms with Crippen LogP contribution in [0, 0.1) is 11.6 Å². The van der Waals surface area contributed by atoms with Gasteiger partial charge in [-0.15, -0.1) is 0 Å². The van der Waals surface area contributed by atoms with Crippen LogP contribution in [0.5, 0.6) is 11.5 Å². The highest BCUT2D eigenvalue weighted by Gasteiger charge is 2.18. The molecule has 0 bridgehead atoms. The molecule has 0 aromatic heterocycles. The van der Waals surface area contributed by atoms with Gasteiger partial charge < -0.3 is 10.2 Å². The van der Waals surface area contributed by atoms with Crippen molar-refractivity contribution in [3.8, 4) is 22.6 Å². The molecule has 0 saturated carbocycles. The molecule has 0 heterocycles. The third-order valence-corrected chi connectivity index (χ3v) is 8.75. The number of aliphatic imine (C=N–C) groups is 2. The van der Waals surface area contributed by atoms with Crippen LogP contribution in [0.25, 0.3) is 54.2 Å². The fraction of sp³-hybridized carbons (Fsp3) is 0. The average molecular weight is 629 g/mol. The predicted octanol–water partition coefficient (Wildman–Crippen LogP) is 11.2. The highest BCUT2D eigenvalue weighted by molar-refractivity contribution is 6.14. The summed E-state index contributed by atoms with van der Waals surface area (Å²) >= 11 is 0. The number of halogens is 2. The van der Waals surface area contributed by atoms with Crippen LogP contribution in [0.4, 0.5) is 20.2 Å². The van der Waals surface area contributed by atoms with E-state index in [-0.39, 0.29) is 33.4 Å². The Labute approximate surface area is 274 Å². The lowest BCUT2D eigenvalue weighted by Crippen LogP contribution is -1.92. The van der Waals surface area contributed by atoms with Crippen LogP contribution in [-0.4, -0.2) is 22.6 Å². The lowest BCUT2D eigenvalue weighted by Gasteiger charge is -2.16. The Bertz CT molecular complexity index is 2450. The summed E-state index contributed by atoms with van der Waals surface area (Å²) in [6.07, 6.45) is 3.00. The van der Waals surface area contributed by atoms with Crippen LogP contribution in [0.1, 0.15) is 11.1 Å². The molecule has 2 N–H and O–H groups in total. The highest BCUT2D eigenvalue weighted by Crippen LogP contribution is 2.46. The molecule has 230 valence electrons. The molecule has 0 spiro atoms. The standard InChI is InChI=1S/C42H26F2N2O2/c43-33-13-5-9-27-17-21-37(47)31(39(27)33)23-45-35-19-15-25-7-1-3-11-29(25)41(35)42-30-12-4-2-8-26(30)16-20-36(42)46-24-32-38(48)22-18-28-10-6-14-34(44)40(28)32/h1-24,47-48H. The first kappa shape index (κ1) is 29.0. The lowest BCUT2D eigenvalue weighted by molar-refractivity contribution is 0.474. The van der Waals surface area contributed by atoms with Crippen molar-refractivity contribution in [2.45, 2.75) is 0 Å². The fourth-order valence-corrected chi connectivity index (χ4v) is 6.49. The van der Waals surface area contributed by atoms with Gasteiger partial charge >= 0.3 is 0 Å². The van der Waals surface area contributed by atoms with Gasteiger partial charge in [-0.3, -0.25) is 9.98 Å². The Morgan fingerprint density at radius 2 is 0.812 bits per heavy atom. The largest absolute Gasteiger partial charge is 0.507 e. The van der Waals surface area contributed by atoms with Crippen molar-refractivity contribution in [3.63, 3.8) is 0 Å². The molecule has 0 aliphatic heterocycles. The predicted molar refractivity (Wildman–Crippen MR) is 193 cm³/mol. The third-order valence-electron chi connectivity index (χ3n) is 8.75. The topological polar surface area (TPSA) is 65.2 Å². The summed E-state index contributed by atoms with van der Waals surface area (Å²) in [7, 11) is 0. The molecule has 8 rings (SSSR count). The number of nitrogens with zero attached hydrogens (tertiary/aromatic N) is 2. The van der Waals surface area contributed by atoms with Crippen LogP contribution in [0.3, 0.4) is 0 Å². The SMILES string of the molecule is Oc1ccc2cccc(F)c2c1C=Nc1ccc2ccccc2c1-c1c(N=Cc2c(O)ccc3cccc(F)c23)ccc2ccccc12. The van der Waals surface area contributed by atoms with Crippen molar-refractivity contribution in [1.82, 2.24) is 0 Å². The second kappa shape index (κ2) is 11.8. The van der Waals surface area contributed by atoms with Crippen LogP contribution < -0.4 is 0 Å². The van der Waals surface area contributed by atoms with E-state index in [9.17, 15) is 10.2 Å². The molecule has 0 radical (unpaired) electrons. The summed E-state index contributed by atoms with van der Waals surface area (Å²) < 4.78 is 30.2. The van der Waals surface area contributed by atoms with Crippen LogP contribution in [0.15, 0.2) is 143 Å². The number of rotatable bonds is 5. The van der Waals surface area contributed by atoms with Gasteiger partial charge in [0.2, 0.25) is 0 Å². The van der Waals surface area contributed by atoms with Gasteiger partial charge in [-0.2, -0.15) is 0 Å². The number of phenolic OH excluding ortho intramolecular Hbond substituents is 2. The van der Waals surface area contributed by atoms with Gasteiger partial charge in [-0.25, -0.2) is 8.78 Å². The van der Waals surface area contributed by atoms with Gasteiger partial charge in [0.05, 0.1) is 11.4 Å². The zero-order valence-electron chi connectivity index (χ0n) is 25.4. The van der Waals surface area contributed by atoms with Crippen molar-refractivity contribution >= 4 is 66.9 Å². The average Bonchev–Trinajstić information content (AvgIpc) is 3.11. The van der Waals surface area contributed by atoms with E-state index >= 15 is 8.78 Å². The molecule has 0 amide bonds. The number of fused-ring (bicyclic) bond motifs is 4. The Hall–Kier alpha value is -6.40. The maximum atomic E-state index is 15.1. The summed E-state index contributed by atoms with van der Waals surface area (Å²) in [5.41, 5.74) is 3.26. The van der Waals surface area contributed by atoms with Gasteiger partial charge in [0.1, 0.15) is 23.1 Å². The summed E-state index contributed by atoms with van der Waals surface area (Å²) in [6, 6.07) is 39.6. The zero-order chi connectivity index (χ0) is 32.8. The van der Waals surface area contributed by atoms with Crippen LogP contribution >= 0.6 is 0 Å². The molecule has 0 fully saturated rings. The molecule has 0 aliphatic carbocycles. The van der Waals surface area contributed by atoms with Gasteiger partial charge in [0, 0.05) is 45.5 Å². The van der Waals surface area contributed by atoms with Crippen molar-refractivity contribution in [1.29, 1.82) is 0 Å². The third kappa shape index (κ3) is 4.91. The van der Waals surface area contributed by atoms with E-state index in [1.165, 1.54) is 36.7 Å². The van der Waals surface area contributed by atoms with Crippen molar-refractivity contribution < 1.29 is 19.0 Å². The molecule has 6 heteroatoms. The smallest absolute Gasteiger partial charge is 0.131 e. The molecule has 48 heavy (non-hydrogen) atoms. The second-order valence-electron chi connectivity index (χ2n) is 11.6. The molecule has 4 nitrogen and oxygen atoms in total. The normalized spacial score (nSPS) is 12.0. The van der Waals surface area contributed by atoms with Crippen molar-refractivity contribution in [3.05, 3.63) is 156 Å². The molecular weight excluding hydrogens is 602 g/mol. The number of phenols is 2. The van der Waals surface area contributed by atoms with E-state index in [0.717, 1.165) is 32.7 Å². The van der Waals surface area contributed by atoms with E-state index in [1.54, 1.807) is 36.4 Å². The van der Waals surface area contributed by atoms with Crippen LogP contribution in [-0.2, 0) is 0 Å². The summed E-state index contributed by atoms with van der Waals surface area (Å²) in [6.45, 7) is 0. The quantitative estimate of drug-likeness (QED) is 0.186. The molecule has 0 saturated heterocycles. The summed E-state index contributed by atoms with van der Waals surface area (Å²) in [5, 5.41) is 27.3. The minimum atomic E-state index is -0.456. The maximum Gasteiger partial charge on any atom is 0.131 e. The Morgan fingerprint density at radius 1 is 0.417 bits per heavy atom. The Kier molecular flexibility index (Phi) is 7.11. The van der Waals surface area contributed by atoms with E-state index in [0.29, 0.717) is 22.1 Å². The van der Waals surface area contributed by atoms with E-state index < -0.39 is 11.6 Å². The number of benzene rings is 8. The van der Waals surface area contributed by atoms with Crippen LogP contribution in [0.2, 0.25) is 0 Å². The first-order chi connectivity index (χ1) is 23.5. The van der Waals surface area contributed by atoms with Gasteiger partial charge in [-0.05, 0) is 68.7 Å². The molecule has 8 aromatic carbocycles. The van der Waals surface area contributed by atoms with E-state index in [1.807, 2.05) is 72.8 Å². The monoisotopic (exact) mass is 628 g/mol. The number of hydrogen-bond donors (Lipinski definition) is 2. The fourth-order valence-electron chi connectivity index (χ4n) is 6.49. The second-order valence-corrected chi connectivity index (χ2v) is 11.6. The van der Waals surface area contributed by atoms with Gasteiger partial charge in [0.15, 0.2) is 0 Å². The first-order valence-electron chi connectivity index (χ1n) is 15.4. The van der Waals surface area contributed by atoms with Crippen molar-refractivity contribution in [2.75, 3.05) is 0 Å². The molecule has 0 unspecified atom stereocenters. The Balaban J connectivity index is 1.40. The summed E-state index contributed by atoms with van der Waals surface area (Å²) in [5.74, 6) is -1.09. The van der Waals surface area contributed by atoms with Gasteiger partial charge in [-0.1, -0.05) is 97.1 Å².